The van der Waals surface area contributed by atoms with Crippen molar-refractivity contribution in [1.29, 1.82) is 0 Å². The highest BCUT2D eigenvalue weighted by Gasteiger charge is 2.09. The van der Waals surface area contributed by atoms with Crippen molar-refractivity contribution in [3.8, 4) is 5.69 Å². The van der Waals surface area contributed by atoms with E-state index in [9.17, 15) is 4.79 Å². The molecule has 2 heterocycles. The van der Waals surface area contributed by atoms with Crippen LogP contribution in [-0.4, -0.2) is 19.5 Å². The lowest BCUT2D eigenvalue weighted by Gasteiger charge is -2.16. The minimum Gasteiger partial charge on any atom is -0.274 e. The summed E-state index contributed by atoms with van der Waals surface area (Å²) in [5.41, 5.74) is 1.21. The highest BCUT2D eigenvalue weighted by Crippen LogP contribution is 2.07. The Morgan fingerprint density at radius 1 is 1.09 bits per heavy atom. The lowest BCUT2D eigenvalue weighted by atomic mass is 10.2. The molecule has 0 radical (unpaired) electrons. The van der Waals surface area contributed by atoms with Gasteiger partial charge in [0.25, 0.3) is 0 Å². The van der Waals surface area contributed by atoms with Gasteiger partial charge in [0.2, 0.25) is 5.95 Å². The third kappa shape index (κ3) is 2.99. The molecule has 0 fully saturated rings. The van der Waals surface area contributed by atoms with Crippen molar-refractivity contribution in [3.05, 3.63) is 77.2 Å². The maximum Gasteiger partial charge on any atom is 0.356 e. The third-order valence-corrected chi connectivity index (χ3v) is 3.08. The van der Waals surface area contributed by atoms with Crippen molar-refractivity contribution in [1.82, 2.24) is 19.5 Å². The summed E-state index contributed by atoms with van der Waals surface area (Å²) in [6.45, 7) is 0.416. The van der Waals surface area contributed by atoms with Crippen LogP contribution >= 0.6 is 0 Å². The third-order valence-electron chi connectivity index (χ3n) is 3.08. The van der Waals surface area contributed by atoms with Crippen molar-refractivity contribution in [2.45, 2.75) is 6.54 Å². The zero-order valence-corrected chi connectivity index (χ0v) is 11.7. The molecule has 0 bridgehead atoms. The first-order valence-electron chi connectivity index (χ1n) is 6.66. The van der Waals surface area contributed by atoms with Crippen LogP contribution < -0.4 is 16.5 Å². The molecular weight excluding hydrogens is 280 g/mol. The number of anilines is 1. The predicted octanol–water partition coefficient (Wildman–Crippen LogP) is 0.903. The van der Waals surface area contributed by atoms with E-state index in [2.05, 4.69) is 15.0 Å². The molecule has 3 aromatic rings. The number of hydrogen-bond acceptors (Lipinski definition) is 6. The molecule has 0 aliphatic heterocycles. The highest BCUT2D eigenvalue weighted by atomic mass is 16.1. The molecule has 1 aromatic carbocycles. The number of rotatable bonds is 4. The van der Waals surface area contributed by atoms with Gasteiger partial charge in [0.1, 0.15) is 6.33 Å². The number of hydrogen-bond donors (Lipinski definition) is 1. The van der Waals surface area contributed by atoms with Gasteiger partial charge in [0.15, 0.2) is 0 Å². The van der Waals surface area contributed by atoms with Crippen LogP contribution in [-0.2, 0) is 6.54 Å². The van der Waals surface area contributed by atoms with Gasteiger partial charge in [-0.05, 0) is 17.7 Å². The number of nitrogens with zero attached hydrogens (tertiary/aromatic N) is 5. The van der Waals surface area contributed by atoms with Crippen LogP contribution in [0.25, 0.3) is 5.69 Å². The predicted molar refractivity (Wildman–Crippen MR) is 82.2 cm³/mol. The van der Waals surface area contributed by atoms with Gasteiger partial charge in [0, 0.05) is 12.4 Å². The first-order valence-corrected chi connectivity index (χ1v) is 6.66. The van der Waals surface area contributed by atoms with Gasteiger partial charge in [-0.25, -0.2) is 15.6 Å². The molecule has 3 rings (SSSR count). The van der Waals surface area contributed by atoms with Gasteiger partial charge in [-0.15, -0.1) is 0 Å². The zero-order chi connectivity index (χ0) is 15.4. The Morgan fingerprint density at radius 3 is 2.50 bits per heavy atom. The lowest BCUT2D eigenvalue weighted by molar-refractivity contribution is 0.764. The molecule has 0 saturated heterocycles. The maximum atomic E-state index is 12.1. The SMILES string of the molecule is NN(Cc1ccccc1)c1ncn(-c2ccncc2)c(=O)n1. The molecule has 0 atom stereocenters. The van der Waals surface area contributed by atoms with E-state index < -0.39 is 5.69 Å². The maximum absolute atomic E-state index is 12.1. The Labute approximate surface area is 126 Å². The number of nitrogens with two attached hydrogens (primary N) is 1. The highest BCUT2D eigenvalue weighted by molar-refractivity contribution is 5.31. The van der Waals surface area contributed by atoms with Crippen molar-refractivity contribution >= 4 is 5.95 Å². The Bertz CT molecular complexity index is 803. The fourth-order valence-electron chi connectivity index (χ4n) is 2.00. The van der Waals surface area contributed by atoms with Crippen molar-refractivity contribution in [3.63, 3.8) is 0 Å². The summed E-state index contributed by atoms with van der Waals surface area (Å²) in [6, 6.07) is 13.1. The van der Waals surface area contributed by atoms with Crippen molar-refractivity contribution in [2.24, 2.45) is 5.84 Å². The number of hydrazine groups is 1. The van der Waals surface area contributed by atoms with E-state index >= 15 is 0 Å². The molecule has 0 saturated carbocycles. The van der Waals surface area contributed by atoms with E-state index in [0.717, 1.165) is 5.56 Å². The van der Waals surface area contributed by atoms with Gasteiger partial charge in [0.05, 0.1) is 12.2 Å². The summed E-state index contributed by atoms with van der Waals surface area (Å²) >= 11 is 0. The number of benzene rings is 1. The standard InChI is InChI=1S/C15H14N6O/c16-21(10-12-4-2-1-3-5-12)14-18-11-20(15(22)19-14)13-6-8-17-9-7-13/h1-9,11H,10,16H2. The van der Waals surface area contributed by atoms with E-state index in [-0.39, 0.29) is 5.95 Å². The van der Waals surface area contributed by atoms with Crippen LogP contribution in [0.15, 0.2) is 66.0 Å². The fourth-order valence-corrected chi connectivity index (χ4v) is 2.00. The lowest BCUT2D eigenvalue weighted by Crippen LogP contribution is -2.35. The van der Waals surface area contributed by atoms with Gasteiger partial charge in [-0.2, -0.15) is 4.98 Å². The summed E-state index contributed by atoms with van der Waals surface area (Å²) < 4.78 is 1.33. The topological polar surface area (TPSA) is 89.9 Å². The van der Waals surface area contributed by atoms with E-state index in [1.54, 1.807) is 24.5 Å². The van der Waals surface area contributed by atoms with Crippen LogP contribution in [0, 0.1) is 0 Å². The Balaban J connectivity index is 1.84. The van der Waals surface area contributed by atoms with Crippen molar-refractivity contribution < 1.29 is 0 Å². The average molecular weight is 294 g/mol. The fraction of sp³-hybridized carbons (Fsp3) is 0.0667. The molecular formula is C15H14N6O. The van der Waals surface area contributed by atoms with Crippen LogP contribution in [0.1, 0.15) is 5.56 Å². The molecule has 0 aliphatic carbocycles. The zero-order valence-electron chi connectivity index (χ0n) is 11.7. The summed E-state index contributed by atoms with van der Waals surface area (Å²) in [5.74, 6) is 6.11. The summed E-state index contributed by atoms with van der Waals surface area (Å²) in [5, 5.41) is 1.34. The summed E-state index contributed by atoms with van der Waals surface area (Å²) in [7, 11) is 0. The second-order valence-corrected chi connectivity index (χ2v) is 4.63. The quantitative estimate of drug-likeness (QED) is 0.568. The molecule has 0 aliphatic rings. The van der Waals surface area contributed by atoms with Crippen LogP contribution in [0.2, 0.25) is 0 Å². The van der Waals surface area contributed by atoms with Gasteiger partial charge in [-0.3, -0.25) is 14.6 Å². The smallest absolute Gasteiger partial charge is 0.274 e. The Kier molecular flexibility index (Phi) is 3.88. The molecule has 2 aromatic heterocycles. The molecule has 22 heavy (non-hydrogen) atoms. The Morgan fingerprint density at radius 2 is 1.82 bits per heavy atom. The van der Waals surface area contributed by atoms with E-state index in [1.807, 2.05) is 30.3 Å². The molecule has 7 nitrogen and oxygen atoms in total. The molecule has 0 unspecified atom stereocenters. The monoisotopic (exact) mass is 294 g/mol. The summed E-state index contributed by atoms with van der Waals surface area (Å²) in [6.07, 6.45) is 4.60. The molecule has 7 heteroatoms. The minimum atomic E-state index is -0.445. The average Bonchev–Trinajstić information content (AvgIpc) is 2.56. The van der Waals surface area contributed by atoms with E-state index in [4.69, 9.17) is 5.84 Å². The molecule has 110 valence electrons. The summed E-state index contributed by atoms with van der Waals surface area (Å²) in [4.78, 5) is 24.1. The van der Waals surface area contributed by atoms with Gasteiger partial charge in [-0.1, -0.05) is 30.3 Å². The van der Waals surface area contributed by atoms with E-state index in [1.165, 1.54) is 15.9 Å². The largest absolute Gasteiger partial charge is 0.356 e. The molecule has 0 amide bonds. The number of pyridine rings is 1. The first kappa shape index (κ1) is 13.9. The van der Waals surface area contributed by atoms with Crippen LogP contribution in [0.4, 0.5) is 5.95 Å². The molecule has 2 N–H and O–H groups in total. The second-order valence-electron chi connectivity index (χ2n) is 4.63. The molecule has 0 spiro atoms. The van der Waals surface area contributed by atoms with Crippen LogP contribution in [0.5, 0.6) is 0 Å². The van der Waals surface area contributed by atoms with E-state index in [0.29, 0.717) is 12.2 Å². The number of aromatic nitrogens is 4. The van der Waals surface area contributed by atoms with Gasteiger partial charge < -0.3 is 0 Å². The Hall–Kier alpha value is -3.06. The van der Waals surface area contributed by atoms with Crippen LogP contribution in [0.3, 0.4) is 0 Å². The van der Waals surface area contributed by atoms with Gasteiger partial charge >= 0.3 is 5.69 Å². The minimum absolute atomic E-state index is 0.180. The normalized spacial score (nSPS) is 10.4. The first-order chi connectivity index (χ1) is 10.7. The second kappa shape index (κ2) is 6.15. The van der Waals surface area contributed by atoms with Crippen molar-refractivity contribution in [2.75, 3.05) is 5.01 Å².